The van der Waals surface area contributed by atoms with E-state index in [-0.39, 0.29) is 12.5 Å². The number of carbonyl (C=O) groups excluding carboxylic acids is 1. The Hall–Kier alpha value is -2.88. The number of nitrogens with one attached hydrogen (secondary N) is 1. The van der Waals surface area contributed by atoms with Crippen LogP contribution in [0.25, 0.3) is 10.9 Å². The Balaban J connectivity index is 1.53. The van der Waals surface area contributed by atoms with Gasteiger partial charge in [-0.3, -0.25) is 4.79 Å². The summed E-state index contributed by atoms with van der Waals surface area (Å²) in [7, 11) is 0. The van der Waals surface area contributed by atoms with E-state index in [0.717, 1.165) is 16.5 Å². The molecule has 0 spiro atoms. The van der Waals surface area contributed by atoms with Crippen LogP contribution in [0.15, 0.2) is 66.7 Å². The van der Waals surface area contributed by atoms with Crippen LogP contribution in [0.5, 0.6) is 5.88 Å². The van der Waals surface area contributed by atoms with Crippen molar-refractivity contribution in [1.29, 1.82) is 0 Å². The van der Waals surface area contributed by atoms with Crippen LogP contribution in [0.1, 0.15) is 5.56 Å². The third-order valence-electron chi connectivity index (χ3n) is 3.26. The first kappa shape index (κ1) is 14.1. The zero-order chi connectivity index (χ0) is 15.2. The Bertz CT molecular complexity index is 772. The number of pyridine rings is 1. The molecule has 3 aromatic rings. The van der Waals surface area contributed by atoms with Crippen molar-refractivity contribution in [2.24, 2.45) is 0 Å². The predicted octanol–water partition coefficient (Wildman–Crippen LogP) is 2.93. The molecule has 0 fully saturated rings. The smallest absolute Gasteiger partial charge is 0.258 e. The highest BCUT2D eigenvalue weighted by Crippen LogP contribution is 2.15. The lowest BCUT2D eigenvalue weighted by molar-refractivity contribution is -0.123. The summed E-state index contributed by atoms with van der Waals surface area (Å²) in [6, 6.07) is 21.2. The molecule has 4 heteroatoms. The monoisotopic (exact) mass is 292 g/mol. The average Bonchev–Trinajstić information content (AvgIpc) is 2.59. The molecule has 0 aliphatic rings. The van der Waals surface area contributed by atoms with Gasteiger partial charge in [-0.05, 0) is 17.7 Å². The highest BCUT2D eigenvalue weighted by Gasteiger charge is 2.04. The maximum atomic E-state index is 11.8. The van der Waals surface area contributed by atoms with Crippen LogP contribution in [0, 0.1) is 0 Å². The summed E-state index contributed by atoms with van der Waals surface area (Å²) in [5.41, 5.74) is 1.91. The first-order chi connectivity index (χ1) is 10.8. The second kappa shape index (κ2) is 6.72. The number of rotatable bonds is 5. The molecule has 0 aliphatic heterocycles. The maximum absolute atomic E-state index is 11.8. The van der Waals surface area contributed by atoms with E-state index in [9.17, 15) is 4.79 Å². The van der Waals surface area contributed by atoms with Crippen molar-refractivity contribution in [3.63, 3.8) is 0 Å². The summed E-state index contributed by atoms with van der Waals surface area (Å²) in [4.78, 5) is 16.2. The minimum atomic E-state index is -0.168. The minimum Gasteiger partial charge on any atom is -0.468 e. The number of ether oxygens (including phenoxy) is 1. The summed E-state index contributed by atoms with van der Waals surface area (Å²) in [6.07, 6.45) is 0. The zero-order valence-corrected chi connectivity index (χ0v) is 12.0. The number of hydrogen-bond donors (Lipinski definition) is 1. The summed E-state index contributed by atoms with van der Waals surface area (Å²) < 4.78 is 5.44. The van der Waals surface area contributed by atoms with Gasteiger partial charge in [-0.1, -0.05) is 48.5 Å². The summed E-state index contributed by atoms with van der Waals surface area (Å²) in [5.74, 6) is 0.285. The van der Waals surface area contributed by atoms with Gasteiger partial charge in [0.2, 0.25) is 5.88 Å². The number of amides is 1. The highest BCUT2D eigenvalue weighted by atomic mass is 16.5. The second-order valence-corrected chi connectivity index (χ2v) is 4.89. The van der Waals surface area contributed by atoms with Crippen molar-refractivity contribution in [3.05, 3.63) is 72.3 Å². The van der Waals surface area contributed by atoms with E-state index in [0.29, 0.717) is 12.4 Å². The van der Waals surface area contributed by atoms with Crippen molar-refractivity contribution in [2.75, 3.05) is 6.61 Å². The Kier molecular flexibility index (Phi) is 4.30. The van der Waals surface area contributed by atoms with E-state index >= 15 is 0 Å². The zero-order valence-electron chi connectivity index (χ0n) is 12.0. The molecular weight excluding hydrogens is 276 g/mol. The fourth-order valence-electron chi connectivity index (χ4n) is 2.11. The van der Waals surface area contributed by atoms with E-state index in [1.54, 1.807) is 6.07 Å². The third kappa shape index (κ3) is 3.61. The van der Waals surface area contributed by atoms with Gasteiger partial charge in [-0.15, -0.1) is 0 Å². The lowest BCUT2D eigenvalue weighted by atomic mass is 10.2. The largest absolute Gasteiger partial charge is 0.468 e. The van der Waals surface area contributed by atoms with Gasteiger partial charge in [0.15, 0.2) is 6.61 Å². The Morgan fingerprint density at radius 1 is 0.955 bits per heavy atom. The number of nitrogens with zero attached hydrogens (tertiary/aromatic N) is 1. The van der Waals surface area contributed by atoms with Crippen molar-refractivity contribution < 1.29 is 9.53 Å². The van der Waals surface area contributed by atoms with Crippen LogP contribution in [0.2, 0.25) is 0 Å². The van der Waals surface area contributed by atoms with E-state index in [4.69, 9.17) is 4.74 Å². The molecule has 1 amide bonds. The van der Waals surface area contributed by atoms with Crippen LogP contribution in [0.3, 0.4) is 0 Å². The van der Waals surface area contributed by atoms with Crippen molar-refractivity contribution in [1.82, 2.24) is 10.3 Å². The standard InChI is InChI=1S/C18H16N2O2/c21-17(19-12-14-6-2-1-3-7-14)13-22-18-11-10-15-8-4-5-9-16(15)20-18/h1-11H,12-13H2,(H,19,21). The number of hydrogen-bond acceptors (Lipinski definition) is 3. The summed E-state index contributed by atoms with van der Waals surface area (Å²) in [6.45, 7) is 0.451. The fourth-order valence-corrected chi connectivity index (χ4v) is 2.11. The van der Waals surface area contributed by atoms with Crippen molar-refractivity contribution in [3.8, 4) is 5.88 Å². The Morgan fingerprint density at radius 2 is 1.73 bits per heavy atom. The van der Waals surface area contributed by atoms with Crippen molar-refractivity contribution in [2.45, 2.75) is 6.54 Å². The number of benzene rings is 2. The molecule has 22 heavy (non-hydrogen) atoms. The Morgan fingerprint density at radius 3 is 2.59 bits per heavy atom. The van der Waals surface area contributed by atoms with Crippen LogP contribution in [-0.4, -0.2) is 17.5 Å². The third-order valence-corrected chi connectivity index (χ3v) is 3.26. The number of carbonyl (C=O) groups is 1. The van der Waals surface area contributed by atoms with Gasteiger partial charge < -0.3 is 10.1 Å². The highest BCUT2D eigenvalue weighted by molar-refractivity contribution is 5.79. The molecule has 4 nitrogen and oxygen atoms in total. The van der Waals surface area contributed by atoms with Crippen molar-refractivity contribution >= 4 is 16.8 Å². The molecule has 0 aliphatic carbocycles. The summed E-state index contributed by atoms with van der Waals surface area (Å²) >= 11 is 0. The topological polar surface area (TPSA) is 51.2 Å². The molecule has 0 unspecified atom stereocenters. The van der Waals surface area contributed by atoms with E-state index in [2.05, 4.69) is 10.3 Å². The van der Waals surface area contributed by atoms with Gasteiger partial charge in [-0.25, -0.2) is 4.98 Å². The van der Waals surface area contributed by atoms with E-state index in [1.165, 1.54) is 0 Å². The predicted molar refractivity (Wildman–Crippen MR) is 85.5 cm³/mol. The average molecular weight is 292 g/mol. The molecular formula is C18H16N2O2. The quantitative estimate of drug-likeness (QED) is 0.786. The lowest BCUT2D eigenvalue weighted by Crippen LogP contribution is -2.28. The molecule has 2 aromatic carbocycles. The fraction of sp³-hybridized carbons (Fsp3) is 0.111. The van der Waals surface area contributed by atoms with Crippen LogP contribution in [0.4, 0.5) is 0 Å². The Labute approximate surface area is 128 Å². The molecule has 1 N–H and O–H groups in total. The molecule has 0 bridgehead atoms. The number of fused-ring (bicyclic) bond motifs is 1. The molecule has 3 rings (SSSR count). The SMILES string of the molecule is O=C(COc1ccc2ccccc2n1)NCc1ccccc1. The van der Waals surface area contributed by atoms with Gasteiger partial charge in [0.05, 0.1) is 5.52 Å². The molecule has 1 heterocycles. The molecule has 1 aromatic heterocycles. The first-order valence-corrected chi connectivity index (χ1v) is 7.10. The normalized spacial score (nSPS) is 10.4. The second-order valence-electron chi connectivity index (χ2n) is 4.89. The molecule has 110 valence electrons. The maximum Gasteiger partial charge on any atom is 0.258 e. The van der Waals surface area contributed by atoms with Gasteiger partial charge in [-0.2, -0.15) is 0 Å². The van der Waals surface area contributed by atoms with E-state index in [1.807, 2.05) is 60.7 Å². The molecule has 0 radical (unpaired) electrons. The first-order valence-electron chi connectivity index (χ1n) is 7.10. The number of para-hydroxylation sites is 1. The van der Waals surface area contributed by atoms with Gasteiger partial charge >= 0.3 is 0 Å². The number of aromatic nitrogens is 1. The molecule has 0 saturated heterocycles. The van der Waals surface area contributed by atoms with Gasteiger partial charge in [0.1, 0.15) is 0 Å². The van der Waals surface area contributed by atoms with Crippen LogP contribution >= 0.6 is 0 Å². The van der Waals surface area contributed by atoms with Crippen LogP contribution in [-0.2, 0) is 11.3 Å². The minimum absolute atomic E-state index is 0.0435. The van der Waals surface area contributed by atoms with E-state index < -0.39 is 0 Å². The van der Waals surface area contributed by atoms with Gasteiger partial charge in [0.25, 0.3) is 5.91 Å². The summed E-state index contributed by atoms with van der Waals surface area (Å²) in [5, 5.41) is 3.86. The molecule has 0 saturated carbocycles. The lowest BCUT2D eigenvalue weighted by Gasteiger charge is -2.07. The molecule has 0 atom stereocenters. The van der Waals surface area contributed by atoms with Gasteiger partial charge in [0, 0.05) is 18.0 Å². The van der Waals surface area contributed by atoms with Crippen LogP contribution < -0.4 is 10.1 Å².